The number of amides is 1. The van der Waals surface area contributed by atoms with Crippen LogP contribution in [0.15, 0.2) is 42.5 Å². The van der Waals surface area contributed by atoms with E-state index >= 15 is 0 Å². The standard InChI is InChI=1S/C23H29NO4/c1-4-27-20-11-7-8-18(14-20)23(25)24-16(2)17-12-13-21(22(15-17)26-3)28-19-9-5-6-10-19/h7-8,11-16,19H,4-6,9-10H2,1-3H3,(H,24,25). The summed E-state index contributed by atoms with van der Waals surface area (Å²) in [7, 11) is 1.64. The highest BCUT2D eigenvalue weighted by Crippen LogP contribution is 2.33. The van der Waals surface area contributed by atoms with Crippen LogP contribution in [0.3, 0.4) is 0 Å². The number of methoxy groups -OCH3 is 1. The van der Waals surface area contributed by atoms with E-state index in [1.165, 1.54) is 12.8 Å². The average Bonchev–Trinajstić information content (AvgIpc) is 3.21. The van der Waals surface area contributed by atoms with Gasteiger partial charge >= 0.3 is 0 Å². The van der Waals surface area contributed by atoms with E-state index in [9.17, 15) is 4.79 Å². The Morgan fingerprint density at radius 1 is 1.14 bits per heavy atom. The zero-order valence-corrected chi connectivity index (χ0v) is 16.9. The molecule has 5 heteroatoms. The van der Waals surface area contributed by atoms with Crippen molar-refractivity contribution in [2.24, 2.45) is 0 Å². The highest BCUT2D eigenvalue weighted by Gasteiger charge is 2.19. The van der Waals surface area contributed by atoms with Crippen molar-refractivity contribution in [1.29, 1.82) is 0 Å². The second-order valence-corrected chi connectivity index (χ2v) is 7.09. The monoisotopic (exact) mass is 383 g/mol. The van der Waals surface area contributed by atoms with Gasteiger partial charge in [0, 0.05) is 5.56 Å². The van der Waals surface area contributed by atoms with E-state index in [-0.39, 0.29) is 18.1 Å². The fraction of sp³-hybridized carbons (Fsp3) is 0.435. The van der Waals surface area contributed by atoms with E-state index in [0.29, 0.717) is 23.7 Å². The fourth-order valence-corrected chi connectivity index (χ4v) is 3.49. The van der Waals surface area contributed by atoms with Gasteiger partial charge in [0.2, 0.25) is 0 Å². The quantitative estimate of drug-likeness (QED) is 0.704. The number of nitrogens with one attached hydrogen (secondary N) is 1. The summed E-state index contributed by atoms with van der Waals surface area (Å²) < 4.78 is 17.1. The number of hydrogen-bond donors (Lipinski definition) is 1. The van der Waals surface area contributed by atoms with Crippen molar-refractivity contribution in [1.82, 2.24) is 5.32 Å². The third kappa shape index (κ3) is 4.97. The Hall–Kier alpha value is -2.69. The number of benzene rings is 2. The Bertz CT molecular complexity index is 799. The maximum Gasteiger partial charge on any atom is 0.251 e. The van der Waals surface area contributed by atoms with Crippen molar-refractivity contribution in [3.63, 3.8) is 0 Å². The molecule has 3 rings (SSSR count). The van der Waals surface area contributed by atoms with Gasteiger partial charge in [0.25, 0.3) is 5.91 Å². The minimum atomic E-state index is -0.169. The molecule has 0 aromatic heterocycles. The number of carbonyl (C=O) groups excluding carboxylic acids is 1. The van der Waals surface area contributed by atoms with E-state index in [4.69, 9.17) is 14.2 Å². The van der Waals surface area contributed by atoms with Gasteiger partial charge in [-0.15, -0.1) is 0 Å². The minimum absolute atomic E-state index is 0.140. The maximum absolute atomic E-state index is 12.6. The van der Waals surface area contributed by atoms with Crippen LogP contribution in [0.25, 0.3) is 0 Å². The van der Waals surface area contributed by atoms with E-state index in [1.54, 1.807) is 19.2 Å². The molecule has 5 nitrogen and oxygen atoms in total. The highest BCUT2D eigenvalue weighted by atomic mass is 16.5. The van der Waals surface area contributed by atoms with E-state index in [1.807, 2.05) is 44.2 Å². The summed E-state index contributed by atoms with van der Waals surface area (Å²) in [6.45, 7) is 4.44. The molecular formula is C23H29NO4. The molecule has 0 bridgehead atoms. The van der Waals surface area contributed by atoms with Gasteiger partial charge in [0.15, 0.2) is 11.5 Å². The summed E-state index contributed by atoms with van der Waals surface area (Å²) in [5.41, 5.74) is 1.54. The van der Waals surface area contributed by atoms with Gasteiger partial charge in [-0.05, 0) is 75.4 Å². The van der Waals surface area contributed by atoms with Gasteiger partial charge in [0.1, 0.15) is 5.75 Å². The molecule has 0 radical (unpaired) electrons. The molecule has 0 aliphatic heterocycles. The van der Waals surface area contributed by atoms with E-state index in [0.717, 1.165) is 24.2 Å². The van der Waals surface area contributed by atoms with Gasteiger partial charge in [-0.2, -0.15) is 0 Å². The van der Waals surface area contributed by atoms with Crippen molar-refractivity contribution >= 4 is 5.91 Å². The van der Waals surface area contributed by atoms with Crippen molar-refractivity contribution < 1.29 is 19.0 Å². The molecule has 0 heterocycles. The molecule has 0 spiro atoms. The molecule has 28 heavy (non-hydrogen) atoms. The first kappa shape index (κ1) is 20.1. The molecule has 2 aromatic rings. The summed E-state index contributed by atoms with van der Waals surface area (Å²) in [6.07, 6.45) is 4.91. The van der Waals surface area contributed by atoms with Crippen LogP contribution in [-0.4, -0.2) is 25.7 Å². The third-order valence-electron chi connectivity index (χ3n) is 5.04. The van der Waals surface area contributed by atoms with Crippen molar-refractivity contribution in [3.05, 3.63) is 53.6 Å². The Kier molecular flexibility index (Phi) is 6.80. The zero-order chi connectivity index (χ0) is 19.9. The molecule has 1 unspecified atom stereocenters. The van der Waals surface area contributed by atoms with Crippen LogP contribution in [0.4, 0.5) is 0 Å². The molecule has 1 N–H and O–H groups in total. The Labute approximate surface area is 167 Å². The molecular weight excluding hydrogens is 354 g/mol. The van der Waals surface area contributed by atoms with E-state index < -0.39 is 0 Å². The van der Waals surface area contributed by atoms with Crippen LogP contribution in [-0.2, 0) is 0 Å². The van der Waals surface area contributed by atoms with E-state index in [2.05, 4.69) is 5.32 Å². The van der Waals surface area contributed by atoms with Crippen LogP contribution < -0.4 is 19.5 Å². The second-order valence-electron chi connectivity index (χ2n) is 7.09. The molecule has 1 saturated carbocycles. The first-order valence-corrected chi connectivity index (χ1v) is 9.99. The molecule has 1 amide bonds. The Morgan fingerprint density at radius 2 is 1.93 bits per heavy atom. The molecule has 1 aliphatic rings. The minimum Gasteiger partial charge on any atom is -0.494 e. The largest absolute Gasteiger partial charge is 0.494 e. The van der Waals surface area contributed by atoms with Crippen LogP contribution in [0.1, 0.15) is 61.5 Å². The normalized spacial score (nSPS) is 15.1. The van der Waals surface area contributed by atoms with Crippen LogP contribution in [0, 0.1) is 0 Å². The average molecular weight is 383 g/mol. The van der Waals surface area contributed by atoms with Gasteiger partial charge in [-0.25, -0.2) is 0 Å². The molecule has 2 aromatic carbocycles. The summed E-state index contributed by atoms with van der Waals surface area (Å²) in [5, 5.41) is 3.03. The number of hydrogen-bond acceptors (Lipinski definition) is 4. The van der Waals surface area contributed by atoms with Crippen LogP contribution >= 0.6 is 0 Å². The first-order chi connectivity index (χ1) is 13.6. The Balaban J connectivity index is 1.68. The number of carbonyl (C=O) groups is 1. The van der Waals surface area contributed by atoms with Gasteiger partial charge < -0.3 is 19.5 Å². The second kappa shape index (κ2) is 9.49. The zero-order valence-electron chi connectivity index (χ0n) is 16.9. The first-order valence-electron chi connectivity index (χ1n) is 9.99. The van der Waals surface area contributed by atoms with Crippen LogP contribution in [0.2, 0.25) is 0 Å². The van der Waals surface area contributed by atoms with Crippen molar-refractivity contribution in [2.45, 2.75) is 51.7 Å². The van der Waals surface area contributed by atoms with Gasteiger partial charge in [0.05, 0.1) is 25.9 Å². The lowest BCUT2D eigenvalue weighted by Gasteiger charge is -2.19. The predicted molar refractivity (Wildman–Crippen MR) is 109 cm³/mol. The topological polar surface area (TPSA) is 56.8 Å². The van der Waals surface area contributed by atoms with Gasteiger partial charge in [-0.1, -0.05) is 12.1 Å². The van der Waals surface area contributed by atoms with Crippen molar-refractivity contribution in [3.8, 4) is 17.2 Å². The SMILES string of the molecule is CCOc1cccc(C(=O)NC(C)c2ccc(OC3CCCC3)c(OC)c2)c1. The summed E-state index contributed by atoms with van der Waals surface area (Å²) >= 11 is 0. The molecule has 0 saturated heterocycles. The molecule has 150 valence electrons. The molecule has 1 fully saturated rings. The molecule has 1 atom stereocenters. The smallest absolute Gasteiger partial charge is 0.251 e. The highest BCUT2D eigenvalue weighted by molar-refractivity contribution is 5.94. The lowest BCUT2D eigenvalue weighted by molar-refractivity contribution is 0.0939. The molecule has 1 aliphatic carbocycles. The lowest BCUT2D eigenvalue weighted by atomic mass is 10.1. The number of ether oxygens (including phenoxy) is 3. The summed E-state index contributed by atoms with van der Waals surface area (Å²) in [5.74, 6) is 2.02. The Morgan fingerprint density at radius 3 is 2.64 bits per heavy atom. The fourth-order valence-electron chi connectivity index (χ4n) is 3.49. The number of rotatable bonds is 8. The predicted octanol–water partition coefficient (Wildman–Crippen LogP) is 4.91. The summed E-state index contributed by atoms with van der Waals surface area (Å²) in [4.78, 5) is 12.6. The summed E-state index contributed by atoms with van der Waals surface area (Å²) in [6, 6.07) is 12.9. The van der Waals surface area contributed by atoms with Gasteiger partial charge in [-0.3, -0.25) is 4.79 Å². The maximum atomic E-state index is 12.6. The van der Waals surface area contributed by atoms with Crippen molar-refractivity contribution in [2.75, 3.05) is 13.7 Å². The lowest BCUT2D eigenvalue weighted by Crippen LogP contribution is -2.26. The van der Waals surface area contributed by atoms with Crippen LogP contribution in [0.5, 0.6) is 17.2 Å². The third-order valence-corrected chi connectivity index (χ3v) is 5.04.